The van der Waals surface area contributed by atoms with Gasteiger partial charge in [0.2, 0.25) is 5.91 Å². The van der Waals surface area contributed by atoms with Crippen LogP contribution in [0.4, 0.5) is 0 Å². The van der Waals surface area contributed by atoms with Crippen LogP contribution in [-0.2, 0) is 16.1 Å². The van der Waals surface area contributed by atoms with E-state index in [1.54, 1.807) is 13.2 Å². The zero-order valence-electron chi connectivity index (χ0n) is 11.5. The lowest BCUT2D eigenvalue weighted by Crippen LogP contribution is -2.35. The maximum absolute atomic E-state index is 11.5. The molecular weight excluding hydrogens is 258 g/mol. The summed E-state index contributed by atoms with van der Waals surface area (Å²) < 4.78 is 10.1. The van der Waals surface area contributed by atoms with Gasteiger partial charge in [-0.3, -0.25) is 4.79 Å². The van der Waals surface area contributed by atoms with Crippen LogP contribution in [0, 0.1) is 11.3 Å². The fourth-order valence-electron chi connectivity index (χ4n) is 1.57. The zero-order chi connectivity index (χ0) is 14.6. The summed E-state index contributed by atoms with van der Waals surface area (Å²) in [4.78, 5) is 11.5. The molecule has 0 atom stereocenters. The maximum Gasteiger partial charge on any atom is 0.234 e. The summed E-state index contributed by atoms with van der Waals surface area (Å²) in [5.74, 6) is 0.568. The smallest absolute Gasteiger partial charge is 0.234 e. The highest BCUT2D eigenvalue weighted by atomic mass is 16.5. The summed E-state index contributed by atoms with van der Waals surface area (Å²) in [6.45, 7) is 1.72. The van der Waals surface area contributed by atoms with Crippen LogP contribution in [0.3, 0.4) is 0 Å². The molecule has 0 aromatic heterocycles. The van der Waals surface area contributed by atoms with E-state index >= 15 is 0 Å². The van der Waals surface area contributed by atoms with Crippen molar-refractivity contribution < 1.29 is 14.3 Å². The Kier molecular flexibility index (Phi) is 7.80. The monoisotopic (exact) mass is 277 g/mol. The fourth-order valence-corrected chi connectivity index (χ4v) is 1.57. The lowest BCUT2D eigenvalue weighted by molar-refractivity contribution is -0.120. The predicted molar refractivity (Wildman–Crippen MR) is 74.1 cm³/mol. The molecule has 0 radical (unpaired) electrons. The van der Waals surface area contributed by atoms with Crippen LogP contribution in [-0.4, -0.2) is 39.3 Å². The van der Waals surface area contributed by atoms with Crippen molar-refractivity contribution in [2.24, 2.45) is 0 Å². The SMILES string of the molecule is COCCNC(=O)CNCc1ccccc1OCC#N. The first-order chi connectivity index (χ1) is 9.77. The van der Waals surface area contributed by atoms with Gasteiger partial charge in [0.05, 0.1) is 13.2 Å². The van der Waals surface area contributed by atoms with Gasteiger partial charge in [-0.2, -0.15) is 5.26 Å². The van der Waals surface area contributed by atoms with Crippen LogP contribution in [0.25, 0.3) is 0 Å². The first-order valence-electron chi connectivity index (χ1n) is 6.32. The normalized spacial score (nSPS) is 9.80. The van der Waals surface area contributed by atoms with Crippen molar-refractivity contribution in [2.45, 2.75) is 6.54 Å². The zero-order valence-corrected chi connectivity index (χ0v) is 11.5. The van der Waals surface area contributed by atoms with Crippen molar-refractivity contribution in [3.63, 3.8) is 0 Å². The molecule has 0 saturated carbocycles. The summed E-state index contributed by atoms with van der Waals surface area (Å²) in [7, 11) is 1.59. The number of rotatable bonds is 9. The average molecular weight is 277 g/mol. The van der Waals surface area contributed by atoms with Gasteiger partial charge in [-0.1, -0.05) is 18.2 Å². The number of amides is 1. The molecular formula is C14H19N3O3. The molecule has 0 unspecified atom stereocenters. The molecule has 2 N–H and O–H groups in total. The van der Waals surface area contributed by atoms with Gasteiger partial charge in [0.15, 0.2) is 6.61 Å². The summed E-state index contributed by atoms with van der Waals surface area (Å²) in [6, 6.07) is 9.34. The molecule has 6 heteroatoms. The van der Waals surface area contributed by atoms with E-state index < -0.39 is 0 Å². The van der Waals surface area contributed by atoms with Crippen LogP contribution >= 0.6 is 0 Å². The van der Waals surface area contributed by atoms with Crippen molar-refractivity contribution in [1.82, 2.24) is 10.6 Å². The van der Waals surface area contributed by atoms with Crippen LogP contribution < -0.4 is 15.4 Å². The molecule has 0 fully saturated rings. The summed E-state index contributed by atoms with van der Waals surface area (Å²) in [5.41, 5.74) is 0.910. The molecule has 20 heavy (non-hydrogen) atoms. The van der Waals surface area contributed by atoms with Crippen molar-refractivity contribution in [3.05, 3.63) is 29.8 Å². The van der Waals surface area contributed by atoms with Crippen molar-refractivity contribution in [1.29, 1.82) is 5.26 Å². The van der Waals surface area contributed by atoms with E-state index in [0.717, 1.165) is 5.56 Å². The van der Waals surface area contributed by atoms with Gasteiger partial charge in [-0.25, -0.2) is 0 Å². The first kappa shape index (κ1) is 16.0. The van der Waals surface area contributed by atoms with Gasteiger partial charge in [0.25, 0.3) is 0 Å². The highest BCUT2D eigenvalue weighted by Gasteiger charge is 2.04. The number of benzene rings is 1. The summed E-state index contributed by atoms with van der Waals surface area (Å²) in [6.07, 6.45) is 0. The van der Waals surface area contributed by atoms with Gasteiger partial charge in [0.1, 0.15) is 11.8 Å². The fraction of sp³-hybridized carbons (Fsp3) is 0.429. The Morgan fingerprint density at radius 1 is 1.40 bits per heavy atom. The maximum atomic E-state index is 11.5. The van der Waals surface area contributed by atoms with Gasteiger partial charge in [-0.05, 0) is 6.07 Å². The predicted octanol–water partition coefficient (Wildman–Crippen LogP) is 0.441. The number of methoxy groups -OCH3 is 1. The first-order valence-corrected chi connectivity index (χ1v) is 6.32. The average Bonchev–Trinajstić information content (AvgIpc) is 2.46. The standard InChI is InChI=1S/C14H19N3O3/c1-19-9-7-17-14(18)11-16-10-12-4-2-3-5-13(12)20-8-6-15/h2-5,16H,7-11H2,1H3,(H,17,18). The molecule has 1 rings (SSSR count). The van der Waals surface area contributed by atoms with E-state index in [9.17, 15) is 4.79 Å². The van der Waals surface area contributed by atoms with E-state index in [1.165, 1.54) is 0 Å². The van der Waals surface area contributed by atoms with Gasteiger partial charge in [-0.15, -0.1) is 0 Å². The third kappa shape index (κ3) is 6.18. The van der Waals surface area contributed by atoms with Gasteiger partial charge >= 0.3 is 0 Å². The lowest BCUT2D eigenvalue weighted by atomic mass is 10.2. The largest absolute Gasteiger partial charge is 0.478 e. The van der Waals surface area contributed by atoms with Gasteiger partial charge < -0.3 is 20.1 Å². The molecule has 6 nitrogen and oxygen atoms in total. The molecule has 0 heterocycles. The number of nitrogens with zero attached hydrogens (tertiary/aromatic N) is 1. The Morgan fingerprint density at radius 3 is 2.95 bits per heavy atom. The molecule has 0 aliphatic rings. The molecule has 1 aromatic rings. The van der Waals surface area contributed by atoms with Crippen molar-refractivity contribution in [3.8, 4) is 11.8 Å². The molecule has 108 valence electrons. The highest BCUT2D eigenvalue weighted by molar-refractivity contribution is 5.77. The second kappa shape index (κ2) is 9.78. The Labute approximate surface area is 118 Å². The lowest BCUT2D eigenvalue weighted by Gasteiger charge is -2.10. The minimum absolute atomic E-state index is 0.00845. The van der Waals surface area contributed by atoms with Crippen LogP contribution in [0.5, 0.6) is 5.75 Å². The Hall–Kier alpha value is -2.10. The molecule has 0 aliphatic heterocycles. The minimum Gasteiger partial charge on any atom is -0.478 e. The number of nitriles is 1. The van der Waals surface area contributed by atoms with Crippen molar-refractivity contribution in [2.75, 3.05) is 33.4 Å². The molecule has 1 amide bonds. The Bertz CT molecular complexity index is 457. The number of ether oxygens (including phenoxy) is 2. The second-order valence-corrected chi connectivity index (χ2v) is 4.00. The Morgan fingerprint density at radius 2 is 2.20 bits per heavy atom. The van der Waals surface area contributed by atoms with Gasteiger partial charge in [0, 0.05) is 25.8 Å². The van der Waals surface area contributed by atoms with E-state index in [0.29, 0.717) is 25.4 Å². The molecule has 0 aliphatic carbocycles. The van der Waals surface area contributed by atoms with Crippen LogP contribution in [0.2, 0.25) is 0 Å². The van der Waals surface area contributed by atoms with Crippen molar-refractivity contribution >= 4 is 5.91 Å². The third-order valence-electron chi connectivity index (χ3n) is 2.49. The summed E-state index contributed by atoms with van der Waals surface area (Å²) in [5, 5.41) is 14.3. The topological polar surface area (TPSA) is 83.4 Å². The van der Waals surface area contributed by atoms with Crippen LogP contribution in [0.15, 0.2) is 24.3 Å². The Balaban J connectivity index is 2.34. The number of para-hydroxylation sites is 1. The highest BCUT2D eigenvalue weighted by Crippen LogP contribution is 2.17. The van der Waals surface area contributed by atoms with E-state index in [-0.39, 0.29) is 19.1 Å². The quantitative estimate of drug-likeness (QED) is 0.640. The number of carbonyl (C=O) groups is 1. The van der Waals surface area contributed by atoms with E-state index in [4.69, 9.17) is 14.7 Å². The molecule has 1 aromatic carbocycles. The second-order valence-electron chi connectivity index (χ2n) is 4.00. The van der Waals surface area contributed by atoms with Crippen LogP contribution in [0.1, 0.15) is 5.56 Å². The van der Waals surface area contributed by atoms with E-state index in [1.807, 2.05) is 24.3 Å². The number of nitrogens with one attached hydrogen (secondary N) is 2. The number of hydrogen-bond acceptors (Lipinski definition) is 5. The molecule has 0 saturated heterocycles. The van der Waals surface area contributed by atoms with E-state index in [2.05, 4.69) is 10.6 Å². The molecule has 0 bridgehead atoms. The minimum atomic E-state index is -0.0857. The summed E-state index contributed by atoms with van der Waals surface area (Å²) >= 11 is 0. The number of hydrogen-bond donors (Lipinski definition) is 2. The third-order valence-corrected chi connectivity index (χ3v) is 2.49. The molecule has 0 spiro atoms. The number of carbonyl (C=O) groups excluding carboxylic acids is 1.